The van der Waals surface area contributed by atoms with Gasteiger partial charge in [-0.25, -0.2) is 13.4 Å². The molecule has 0 unspecified atom stereocenters. The van der Waals surface area contributed by atoms with E-state index in [-0.39, 0.29) is 17.0 Å². The molecule has 24 heavy (non-hydrogen) atoms. The number of nitrogens with two attached hydrogens (primary N) is 1. The molecule has 1 aliphatic heterocycles. The molecule has 0 radical (unpaired) electrons. The highest BCUT2D eigenvalue weighted by molar-refractivity contribution is 7.89. The first-order chi connectivity index (χ1) is 11.4. The first kappa shape index (κ1) is 17.1. The fourth-order valence-electron chi connectivity index (χ4n) is 3.17. The minimum Gasteiger partial charge on any atom is -0.336 e. The van der Waals surface area contributed by atoms with E-state index in [4.69, 9.17) is 5.73 Å². The maximum Gasteiger partial charge on any atom is 0.262 e. The number of hydrogen-bond donors (Lipinski definition) is 1. The second-order valence-corrected chi connectivity index (χ2v) is 8.69. The number of hydrogen-bond acceptors (Lipinski definition) is 4. The monoisotopic (exact) mass is 348 g/mol. The van der Waals surface area contributed by atoms with Crippen molar-refractivity contribution in [3.8, 4) is 0 Å². The lowest BCUT2D eigenvalue weighted by Gasteiger charge is -2.15. The maximum atomic E-state index is 12.9. The Morgan fingerprint density at radius 2 is 1.96 bits per heavy atom. The molecule has 2 aromatic rings. The van der Waals surface area contributed by atoms with Gasteiger partial charge in [0.1, 0.15) is 0 Å². The van der Waals surface area contributed by atoms with Gasteiger partial charge in [-0.3, -0.25) is 0 Å². The van der Waals surface area contributed by atoms with Crippen molar-refractivity contribution in [3.05, 3.63) is 48.4 Å². The lowest BCUT2D eigenvalue weighted by Crippen LogP contribution is -2.32. The molecule has 130 valence electrons. The summed E-state index contributed by atoms with van der Waals surface area (Å²) in [6, 6.07) is 9.63. The molecule has 1 aliphatic rings. The Hall–Kier alpha value is -1.70. The number of benzene rings is 1. The third-order valence-corrected chi connectivity index (χ3v) is 6.07. The van der Waals surface area contributed by atoms with Crippen molar-refractivity contribution in [1.82, 2.24) is 13.9 Å². The summed E-state index contributed by atoms with van der Waals surface area (Å²) in [5.74, 6) is 0.441. The zero-order valence-electron chi connectivity index (χ0n) is 14.0. The third kappa shape index (κ3) is 3.38. The summed E-state index contributed by atoms with van der Waals surface area (Å²) in [7, 11) is -3.61. The van der Waals surface area contributed by atoms with E-state index >= 15 is 0 Å². The van der Waals surface area contributed by atoms with Gasteiger partial charge in [-0.2, -0.15) is 4.31 Å². The van der Waals surface area contributed by atoms with Gasteiger partial charge in [0.05, 0.1) is 6.33 Å². The average Bonchev–Trinajstić information content (AvgIpc) is 3.15. The number of nitrogens with zero attached hydrogens (tertiary/aromatic N) is 3. The quantitative estimate of drug-likeness (QED) is 0.891. The number of sulfonamides is 1. The zero-order chi connectivity index (χ0) is 17.3. The molecule has 2 atom stereocenters. The van der Waals surface area contributed by atoms with E-state index in [1.807, 2.05) is 34.9 Å². The van der Waals surface area contributed by atoms with Gasteiger partial charge < -0.3 is 10.3 Å². The summed E-state index contributed by atoms with van der Waals surface area (Å²) in [6.07, 6.45) is 3.19. The zero-order valence-corrected chi connectivity index (χ0v) is 14.9. The lowest BCUT2D eigenvalue weighted by molar-refractivity contribution is 0.467. The highest BCUT2D eigenvalue weighted by Gasteiger charge is 2.39. The van der Waals surface area contributed by atoms with Crippen LogP contribution in [0.3, 0.4) is 0 Å². The SMILES string of the molecule is CC(C)Cn1cnc(S(=O)(=O)N2C[C@@H](N)[C@H](c3ccccc3)C2)c1. The van der Waals surface area contributed by atoms with E-state index in [9.17, 15) is 8.42 Å². The summed E-state index contributed by atoms with van der Waals surface area (Å²) in [5.41, 5.74) is 7.29. The molecule has 7 heteroatoms. The molecule has 0 amide bonds. The van der Waals surface area contributed by atoms with Gasteiger partial charge in [-0.15, -0.1) is 0 Å². The number of aromatic nitrogens is 2. The van der Waals surface area contributed by atoms with Crippen LogP contribution in [0, 0.1) is 5.92 Å². The van der Waals surface area contributed by atoms with E-state index in [1.165, 1.54) is 4.31 Å². The summed E-state index contributed by atoms with van der Waals surface area (Å²) in [6.45, 7) is 5.62. The Bertz CT molecular complexity index is 786. The summed E-state index contributed by atoms with van der Waals surface area (Å²) in [5, 5.41) is 0.101. The molecule has 1 saturated heterocycles. The van der Waals surface area contributed by atoms with Crippen LogP contribution in [-0.4, -0.2) is 41.4 Å². The van der Waals surface area contributed by atoms with Crippen LogP contribution >= 0.6 is 0 Å². The number of imidazole rings is 1. The van der Waals surface area contributed by atoms with Crippen molar-refractivity contribution in [2.75, 3.05) is 13.1 Å². The molecule has 2 heterocycles. The molecular formula is C17H24N4O2S. The van der Waals surface area contributed by atoms with Gasteiger partial charge in [-0.1, -0.05) is 44.2 Å². The predicted molar refractivity (Wildman–Crippen MR) is 93.0 cm³/mol. The van der Waals surface area contributed by atoms with E-state index < -0.39 is 10.0 Å². The first-order valence-electron chi connectivity index (χ1n) is 8.20. The van der Waals surface area contributed by atoms with Crippen molar-refractivity contribution in [2.45, 2.75) is 37.4 Å². The van der Waals surface area contributed by atoms with Crippen LogP contribution in [-0.2, 0) is 16.6 Å². The maximum absolute atomic E-state index is 12.9. The largest absolute Gasteiger partial charge is 0.336 e. The van der Waals surface area contributed by atoms with Crippen LogP contribution in [0.25, 0.3) is 0 Å². The molecule has 3 rings (SSSR count). The molecule has 1 aromatic heterocycles. The van der Waals surface area contributed by atoms with Crippen LogP contribution < -0.4 is 5.73 Å². The molecule has 6 nitrogen and oxygen atoms in total. The average molecular weight is 348 g/mol. The lowest BCUT2D eigenvalue weighted by atomic mass is 9.95. The van der Waals surface area contributed by atoms with E-state index in [0.29, 0.717) is 19.0 Å². The third-order valence-electron chi connectivity index (χ3n) is 4.35. The Morgan fingerprint density at radius 1 is 1.25 bits per heavy atom. The van der Waals surface area contributed by atoms with Crippen LogP contribution in [0.4, 0.5) is 0 Å². The second-order valence-electron chi connectivity index (χ2n) is 6.81. The Balaban J connectivity index is 1.80. The fraction of sp³-hybridized carbons (Fsp3) is 0.471. The van der Waals surface area contributed by atoms with Crippen LogP contribution in [0.15, 0.2) is 47.9 Å². The molecular weight excluding hydrogens is 324 g/mol. The Kier molecular flexibility index (Phi) is 4.76. The van der Waals surface area contributed by atoms with Gasteiger partial charge in [0, 0.05) is 37.8 Å². The molecule has 0 saturated carbocycles. The molecule has 1 aromatic carbocycles. The predicted octanol–water partition coefficient (Wildman–Crippen LogP) is 1.65. The van der Waals surface area contributed by atoms with Crippen molar-refractivity contribution >= 4 is 10.0 Å². The first-order valence-corrected chi connectivity index (χ1v) is 9.64. The molecule has 2 N–H and O–H groups in total. The smallest absolute Gasteiger partial charge is 0.262 e. The Labute approximate surface area is 143 Å². The van der Waals surface area contributed by atoms with E-state index in [2.05, 4.69) is 18.8 Å². The standard InChI is InChI=1S/C17H24N4O2S/c1-13(2)8-20-11-17(19-12-20)24(22,23)21-9-15(16(18)10-21)14-6-4-3-5-7-14/h3-7,11-13,15-16H,8-10,18H2,1-2H3/t15-,16+/m0/s1. The molecule has 1 fully saturated rings. The summed E-state index contributed by atoms with van der Waals surface area (Å²) in [4.78, 5) is 4.10. The topological polar surface area (TPSA) is 81.2 Å². The summed E-state index contributed by atoms with van der Waals surface area (Å²) >= 11 is 0. The molecule has 0 spiro atoms. The van der Waals surface area contributed by atoms with Crippen LogP contribution in [0.2, 0.25) is 0 Å². The van der Waals surface area contributed by atoms with Gasteiger partial charge in [0.15, 0.2) is 5.03 Å². The highest BCUT2D eigenvalue weighted by atomic mass is 32.2. The van der Waals surface area contributed by atoms with Crippen LogP contribution in [0.1, 0.15) is 25.3 Å². The van der Waals surface area contributed by atoms with Crippen molar-refractivity contribution in [1.29, 1.82) is 0 Å². The van der Waals surface area contributed by atoms with Crippen molar-refractivity contribution in [2.24, 2.45) is 11.7 Å². The Morgan fingerprint density at radius 3 is 2.62 bits per heavy atom. The van der Waals surface area contributed by atoms with Gasteiger partial charge in [0.25, 0.3) is 10.0 Å². The van der Waals surface area contributed by atoms with E-state index in [1.54, 1.807) is 12.5 Å². The normalized spacial score (nSPS) is 22.3. The molecule has 0 bridgehead atoms. The minimum atomic E-state index is -3.61. The molecule has 0 aliphatic carbocycles. The fourth-order valence-corrected chi connectivity index (χ4v) is 4.61. The minimum absolute atomic E-state index is 0.0127. The van der Waals surface area contributed by atoms with Crippen molar-refractivity contribution < 1.29 is 8.42 Å². The van der Waals surface area contributed by atoms with Gasteiger partial charge in [-0.05, 0) is 11.5 Å². The number of rotatable bonds is 5. The van der Waals surface area contributed by atoms with E-state index in [0.717, 1.165) is 12.1 Å². The van der Waals surface area contributed by atoms with Gasteiger partial charge in [0.2, 0.25) is 0 Å². The highest BCUT2D eigenvalue weighted by Crippen LogP contribution is 2.30. The van der Waals surface area contributed by atoms with Gasteiger partial charge >= 0.3 is 0 Å². The second kappa shape index (κ2) is 6.66. The van der Waals surface area contributed by atoms with Crippen molar-refractivity contribution in [3.63, 3.8) is 0 Å². The van der Waals surface area contributed by atoms with Crippen LogP contribution in [0.5, 0.6) is 0 Å². The summed E-state index contributed by atoms with van der Waals surface area (Å²) < 4.78 is 29.0.